The number of benzene rings is 1. The van der Waals surface area contributed by atoms with Crippen molar-refractivity contribution < 1.29 is 9.59 Å². The number of hydrogen-bond acceptors (Lipinski definition) is 4. The molecule has 2 aromatic rings. The summed E-state index contributed by atoms with van der Waals surface area (Å²) in [5.41, 5.74) is 0.682. The fourth-order valence-corrected chi connectivity index (χ4v) is 1.78. The lowest BCUT2D eigenvalue weighted by atomic mass is 10.1. The zero-order valence-corrected chi connectivity index (χ0v) is 11.8. The molecule has 0 aliphatic carbocycles. The van der Waals surface area contributed by atoms with Crippen LogP contribution in [0, 0.1) is 0 Å². The maximum Gasteiger partial charge on any atom is 0.271 e. The molecule has 7 nitrogen and oxygen atoms in total. The molecule has 0 aliphatic rings. The van der Waals surface area contributed by atoms with Crippen molar-refractivity contribution in [3.05, 3.63) is 64.1 Å². The highest BCUT2D eigenvalue weighted by Gasteiger charge is 2.07. The molecule has 7 heteroatoms. The number of rotatable bonds is 6. The summed E-state index contributed by atoms with van der Waals surface area (Å²) in [4.78, 5) is 34.2. The average Bonchev–Trinajstić information content (AvgIpc) is 2.53. The van der Waals surface area contributed by atoms with E-state index in [0.717, 1.165) is 5.56 Å². The van der Waals surface area contributed by atoms with Crippen molar-refractivity contribution in [1.29, 1.82) is 0 Å². The van der Waals surface area contributed by atoms with Crippen molar-refractivity contribution in [2.75, 3.05) is 13.1 Å². The van der Waals surface area contributed by atoms with Crippen LogP contribution in [0.5, 0.6) is 0 Å². The van der Waals surface area contributed by atoms with Gasteiger partial charge in [0.25, 0.3) is 11.5 Å². The Labute approximate surface area is 126 Å². The molecular formula is C15H16N4O3. The molecular weight excluding hydrogens is 284 g/mol. The van der Waals surface area contributed by atoms with E-state index in [0.29, 0.717) is 13.0 Å². The number of amides is 2. The summed E-state index contributed by atoms with van der Waals surface area (Å²) in [5, 5.41) is 11.1. The van der Waals surface area contributed by atoms with Crippen LogP contribution in [-0.4, -0.2) is 35.1 Å². The van der Waals surface area contributed by atoms with Gasteiger partial charge in [-0.25, -0.2) is 5.10 Å². The highest BCUT2D eigenvalue weighted by Crippen LogP contribution is 1.98. The second-order valence-corrected chi connectivity index (χ2v) is 4.57. The van der Waals surface area contributed by atoms with Gasteiger partial charge in [0, 0.05) is 19.2 Å². The van der Waals surface area contributed by atoms with E-state index in [9.17, 15) is 14.4 Å². The summed E-state index contributed by atoms with van der Waals surface area (Å²) in [7, 11) is 0. The van der Waals surface area contributed by atoms with Gasteiger partial charge in [0.1, 0.15) is 5.69 Å². The molecule has 0 aliphatic heterocycles. The molecule has 0 bridgehead atoms. The van der Waals surface area contributed by atoms with E-state index in [-0.39, 0.29) is 23.7 Å². The maximum absolute atomic E-state index is 11.7. The Morgan fingerprint density at radius 3 is 2.41 bits per heavy atom. The second-order valence-electron chi connectivity index (χ2n) is 4.57. The van der Waals surface area contributed by atoms with Gasteiger partial charge in [0.2, 0.25) is 5.91 Å². The molecule has 0 spiro atoms. The molecule has 22 heavy (non-hydrogen) atoms. The number of nitrogens with one attached hydrogen (secondary N) is 3. The van der Waals surface area contributed by atoms with Gasteiger partial charge in [-0.1, -0.05) is 30.3 Å². The highest BCUT2D eigenvalue weighted by molar-refractivity contribution is 5.92. The van der Waals surface area contributed by atoms with Gasteiger partial charge in [-0.05, 0) is 11.6 Å². The number of carbonyl (C=O) groups is 2. The van der Waals surface area contributed by atoms with Crippen LogP contribution in [0.2, 0.25) is 0 Å². The molecule has 0 atom stereocenters. The van der Waals surface area contributed by atoms with Crippen LogP contribution in [0.4, 0.5) is 0 Å². The van der Waals surface area contributed by atoms with E-state index in [2.05, 4.69) is 20.8 Å². The van der Waals surface area contributed by atoms with Gasteiger partial charge in [-0.2, -0.15) is 5.10 Å². The zero-order chi connectivity index (χ0) is 15.8. The first-order chi connectivity index (χ1) is 10.6. The minimum atomic E-state index is -0.409. The van der Waals surface area contributed by atoms with E-state index >= 15 is 0 Å². The normalized spacial score (nSPS) is 10.0. The Morgan fingerprint density at radius 2 is 1.73 bits per heavy atom. The molecule has 1 aromatic carbocycles. The number of aromatic amines is 1. The van der Waals surface area contributed by atoms with Gasteiger partial charge in [0.05, 0.1) is 6.42 Å². The summed E-state index contributed by atoms with van der Waals surface area (Å²) in [6, 6.07) is 12.0. The number of hydrogen-bond donors (Lipinski definition) is 3. The van der Waals surface area contributed by atoms with Crippen molar-refractivity contribution in [1.82, 2.24) is 20.8 Å². The predicted octanol–water partition coefficient (Wildman–Crippen LogP) is -0.141. The Bertz CT molecular complexity index is 677. The van der Waals surface area contributed by atoms with Crippen LogP contribution < -0.4 is 16.2 Å². The first kappa shape index (κ1) is 15.4. The van der Waals surface area contributed by atoms with Crippen molar-refractivity contribution >= 4 is 11.8 Å². The third-order valence-electron chi connectivity index (χ3n) is 2.85. The molecule has 0 unspecified atom stereocenters. The van der Waals surface area contributed by atoms with Gasteiger partial charge < -0.3 is 10.6 Å². The van der Waals surface area contributed by atoms with Crippen LogP contribution in [0.25, 0.3) is 0 Å². The number of H-pyrrole nitrogens is 1. The van der Waals surface area contributed by atoms with Gasteiger partial charge in [0.15, 0.2) is 0 Å². The number of carbonyl (C=O) groups excluding carboxylic acids is 2. The Morgan fingerprint density at radius 1 is 1.00 bits per heavy atom. The third kappa shape index (κ3) is 4.86. The molecule has 114 valence electrons. The van der Waals surface area contributed by atoms with E-state index < -0.39 is 5.91 Å². The average molecular weight is 300 g/mol. The largest absolute Gasteiger partial charge is 0.354 e. The van der Waals surface area contributed by atoms with Crippen molar-refractivity contribution in [2.24, 2.45) is 0 Å². The monoisotopic (exact) mass is 300 g/mol. The van der Waals surface area contributed by atoms with Crippen LogP contribution in [-0.2, 0) is 11.2 Å². The summed E-state index contributed by atoms with van der Waals surface area (Å²) in [6.45, 7) is 0.598. The van der Waals surface area contributed by atoms with Crippen LogP contribution in [0.15, 0.2) is 47.3 Å². The van der Waals surface area contributed by atoms with Crippen LogP contribution in [0.3, 0.4) is 0 Å². The predicted molar refractivity (Wildman–Crippen MR) is 80.3 cm³/mol. The van der Waals surface area contributed by atoms with E-state index in [1.807, 2.05) is 30.3 Å². The topological polar surface area (TPSA) is 104 Å². The smallest absolute Gasteiger partial charge is 0.271 e. The van der Waals surface area contributed by atoms with Crippen molar-refractivity contribution in [3.63, 3.8) is 0 Å². The molecule has 0 saturated carbocycles. The van der Waals surface area contributed by atoms with Crippen LogP contribution >= 0.6 is 0 Å². The van der Waals surface area contributed by atoms with E-state index in [1.165, 1.54) is 12.1 Å². The fourth-order valence-electron chi connectivity index (χ4n) is 1.78. The lowest BCUT2D eigenvalue weighted by molar-refractivity contribution is -0.120. The Balaban J connectivity index is 1.68. The first-order valence-electron chi connectivity index (χ1n) is 6.80. The van der Waals surface area contributed by atoms with Gasteiger partial charge in [-0.3, -0.25) is 14.4 Å². The summed E-state index contributed by atoms with van der Waals surface area (Å²) in [5.74, 6) is -0.517. The first-order valence-corrected chi connectivity index (χ1v) is 6.80. The van der Waals surface area contributed by atoms with Gasteiger partial charge in [-0.15, -0.1) is 0 Å². The molecule has 1 aromatic heterocycles. The summed E-state index contributed by atoms with van der Waals surface area (Å²) < 4.78 is 0. The lowest BCUT2D eigenvalue weighted by Crippen LogP contribution is -2.35. The van der Waals surface area contributed by atoms with E-state index in [1.54, 1.807) is 0 Å². The SMILES string of the molecule is O=C(Cc1ccccc1)NCCNC(=O)c1ccc(=O)[nH]n1. The van der Waals surface area contributed by atoms with Crippen molar-refractivity contribution in [3.8, 4) is 0 Å². The van der Waals surface area contributed by atoms with E-state index in [4.69, 9.17) is 0 Å². The Hall–Kier alpha value is -2.96. The minimum Gasteiger partial charge on any atom is -0.354 e. The number of aromatic nitrogens is 2. The maximum atomic E-state index is 11.7. The third-order valence-corrected chi connectivity index (χ3v) is 2.85. The molecule has 0 fully saturated rings. The van der Waals surface area contributed by atoms with Crippen LogP contribution in [0.1, 0.15) is 16.1 Å². The summed E-state index contributed by atoms with van der Waals surface area (Å²) in [6.07, 6.45) is 0.302. The molecule has 2 rings (SSSR count). The Kier molecular flexibility index (Phi) is 5.42. The molecule has 0 radical (unpaired) electrons. The van der Waals surface area contributed by atoms with Crippen molar-refractivity contribution in [2.45, 2.75) is 6.42 Å². The highest BCUT2D eigenvalue weighted by atomic mass is 16.2. The molecule has 2 amide bonds. The second kappa shape index (κ2) is 7.72. The minimum absolute atomic E-state index is 0.109. The molecule has 3 N–H and O–H groups in total. The number of nitrogens with zero attached hydrogens (tertiary/aromatic N) is 1. The lowest BCUT2D eigenvalue weighted by Gasteiger charge is -2.06. The standard InChI is InChI=1S/C15H16N4O3/c20-13-7-6-12(18-19-13)15(22)17-9-8-16-14(21)10-11-4-2-1-3-5-11/h1-7H,8-10H2,(H,16,21)(H,17,22)(H,19,20). The molecule has 0 saturated heterocycles. The fraction of sp³-hybridized carbons (Fsp3) is 0.200. The zero-order valence-electron chi connectivity index (χ0n) is 11.8. The quantitative estimate of drug-likeness (QED) is 0.646. The summed E-state index contributed by atoms with van der Waals surface area (Å²) >= 11 is 0. The van der Waals surface area contributed by atoms with Gasteiger partial charge >= 0.3 is 0 Å². The molecule has 1 heterocycles.